The molecule has 2 aromatic rings. The van der Waals surface area contributed by atoms with Gasteiger partial charge in [0.1, 0.15) is 12.4 Å². The number of ether oxygens (including phenoxy) is 3. The van der Waals surface area contributed by atoms with E-state index < -0.39 is 12.1 Å². The zero-order valence-electron chi connectivity index (χ0n) is 18.3. The van der Waals surface area contributed by atoms with Crippen molar-refractivity contribution in [2.24, 2.45) is 0 Å². The molecule has 3 amide bonds. The maximum absolute atomic E-state index is 13.2. The third kappa shape index (κ3) is 3.89. The second kappa shape index (κ2) is 8.74. The number of carbonyl (C=O) groups is 3. The molecule has 2 atom stereocenters. The molecule has 9 nitrogen and oxygen atoms in total. The molecular weight excluding hydrogens is 426 g/mol. The van der Waals surface area contributed by atoms with E-state index in [2.05, 4.69) is 0 Å². The average molecular weight is 451 g/mol. The topological polar surface area (TPSA) is 88.6 Å². The Labute approximate surface area is 191 Å². The Balaban J connectivity index is 1.21. The molecule has 2 aromatic carbocycles. The largest absolute Gasteiger partial charge is 0.495 e. The van der Waals surface area contributed by atoms with Crippen molar-refractivity contribution in [3.05, 3.63) is 48.5 Å². The van der Waals surface area contributed by atoms with E-state index in [0.717, 1.165) is 0 Å². The maximum Gasteiger partial charge on any atom is 0.267 e. The summed E-state index contributed by atoms with van der Waals surface area (Å²) in [5.41, 5.74) is 0.459. The average Bonchev–Trinajstić information content (AvgIpc) is 3.16. The van der Waals surface area contributed by atoms with Gasteiger partial charge < -0.3 is 19.1 Å². The van der Waals surface area contributed by atoms with Crippen molar-refractivity contribution in [2.75, 3.05) is 44.8 Å². The van der Waals surface area contributed by atoms with Gasteiger partial charge in [-0.2, -0.15) is 0 Å². The minimum atomic E-state index is -0.692. The van der Waals surface area contributed by atoms with Crippen LogP contribution in [0, 0.1) is 0 Å². The molecule has 0 radical (unpaired) electrons. The van der Waals surface area contributed by atoms with E-state index >= 15 is 0 Å². The van der Waals surface area contributed by atoms with E-state index in [1.165, 1.54) is 12.0 Å². The van der Waals surface area contributed by atoms with Gasteiger partial charge in [-0.25, -0.2) is 4.90 Å². The molecule has 2 saturated heterocycles. The highest BCUT2D eigenvalue weighted by Gasteiger charge is 2.45. The molecule has 3 aliphatic rings. The van der Waals surface area contributed by atoms with Crippen LogP contribution in [-0.4, -0.2) is 79.6 Å². The molecule has 2 fully saturated rings. The van der Waals surface area contributed by atoms with E-state index in [1.807, 2.05) is 23.1 Å². The molecule has 0 N–H and O–H groups in total. The van der Waals surface area contributed by atoms with Crippen LogP contribution in [0.3, 0.4) is 0 Å². The lowest BCUT2D eigenvalue weighted by Gasteiger charge is -2.38. The van der Waals surface area contributed by atoms with Crippen LogP contribution in [0.1, 0.15) is 6.42 Å². The van der Waals surface area contributed by atoms with E-state index in [9.17, 15) is 14.4 Å². The number of anilines is 1. The van der Waals surface area contributed by atoms with Crippen LogP contribution in [0.4, 0.5) is 5.69 Å². The number of fused-ring (bicyclic) bond motifs is 1. The highest BCUT2D eigenvalue weighted by atomic mass is 16.6. The van der Waals surface area contributed by atoms with Gasteiger partial charge in [-0.05, 0) is 24.3 Å². The van der Waals surface area contributed by atoms with E-state index in [0.29, 0.717) is 49.1 Å². The van der Waals surface area contributed by atoms with Crippen LogP contribution in [0.25, 0.3) is 0 Å². The molecule has 0 spiro atoms. The lowest BCUT2D eigenvalue weighted by atomic mass is 10.1. The summed E-state index contributed by atoms with van der Waals surface area (Å²) in [6, 6.07) is 13.7. The van der Waals surface area contributed by atoms with Crippen molar-refractivity contribution in [1.29, 1.82) is 0 Å². The number of rotatable bonds is 4. The van der Waals surface area contributed by atoms with Crippen LogP contribution in [-0.2, 0) is 14.4 Å². The highest BCUT2D eigenvalue weighted by molar-refractivity contribution is 6.23. The molecule has 0 aromatic heterocycles. The lowest BCUT2D eigenvalue weighted by Crippen LogP contribution is -2.57. The summed E-state index contributed by atoms with van der Waals surface area (Å²) in [6.45, 7) is 2.07. The van der Waals surface area contributed by atoms with Crippen LogP contribution >= 0.6 is 0 Å². The van der Waals surface area contributed by atoms with E-state index in [1.54, 1.807) is 35.2 Å². The number of piperazine rings is 1. The minimum Gasteiger partial charge on any atom is -0.495 e. The molecule has 0 saturated carbocycles. The van der Waals surface area contributed by atoms with Crippen LogP contribution < -0.4 is 19.1 Å². The van der Waals surface area contributed by atoms with Gasteiger partial charge in [0.2, 0.25) is 12.0 Å². The SMILES string of the molecule is COc1ccccc1N1C(=O)C[C@H](N2CCN(C(=O)[C@@H]3COc4ccccc4O3)CC2)C1=O. The Morgan fingerprint density at radius 2 is 1.67 bits per heavy atom. The fourth-order valence-electron chi connectivity index (χ4n) is 4.57. The smallest absolute Gasteiger partial charge is 0.267 e. The lowest BCUT2D eigenvalue weighted by molar-refractivity contribution is -0.143. The molecular formula is C24H25N3O6. The molecule has 0 aliphatic carbocycles. The monoisotopic (exact) mass is 451 g/mol. The predicted octanol–water partition coefficient (Wildman–Crippen LogP) is 1.31. The number of methoxy groups -OCH3 is 1. The first-order chi connectivity index (χ1) is 16.1. The van der Waals surface area contributed by atoms with Crippen molar-refractivity contribution >= 4 is 23.4 Å². The predicted molar refractivity (Wildman–Crippen MR) is 118 cm³/mol. The van der Waals surface area contributed by atoms with Crippen LogP contribution in [0.5, 0.6) is 17.2 Å². The molecule has 0 unspecified atom stereocenters. The quantitative estimate of drug-likeness (QED) is 0.648. The Bertz CT molecular complexity index is 1080. The third-order valence-corrected chi connectivity index (χ3v) is 6.30. The molecule has 5 rings (SSSR count). The summed E-state index contributed by atoms with van der Waals surface area (Å²) in [4.78, 5) is 43.8. The Morgan fingerprint density at radius 1 is 0.970 bits per heavy atom. The minimum absolute atomic E-state index is 0.112. The fourth-order valence-corrected chi connectivity index (χ4v) is 4.57. The molecule has 172 valence electrons. The number of imide groups is 1. The molecule has 3 aliphatic heterocycles. The summed E-state index contributed by atoms with van der Waals surface area (Å²) in [5.74, 6) is 1.03. The second-order valence-electron chi connectivity index (χ2n) is 8.18. The summed E-state index contributed by atoms with van der Waals surface area (Å²) >= 11 is 0. The Hall–Kier alpha value is -3.59. The van der Waals surface area contributed by atoms with Crippen LogP contribution in [0.2, 0.25) is 0 Å². The van der Waals surface area contributed by atoms with Gasteiger partial charge in [0.25, 0.3) is 11.8 Å². The van der Waals surface area contributed by atoms with Crippen molar-refractivity contribution in [3.8, 4) is 17.2 Å². The fraction of sp³-hybridized carbons (Fsp3) is 0.375. The van der Waals surface area contributed by atoms with Crippen molar-refractivity contribution in [1.82, 2.24) is 9.80 Å². The van der Waals surface area contributed by atoms with Gasteiger partial charge in [0.15, 0.2) is 11.5 Å². The zero-order valence-corrected chi connectivity index (χ0v) is 18.3. The second-order valence-corrected chi connectivity index (χ2v) is 8.18. The number of hydrogen-bond acceptors (Lipinski definition) is 7. The van der Waals surface area contributed by atoms with E-state index in [-0.39, 0.29) is 30.7 Å². The van der Waals surface area contributed by atoms with Gasteiger partial charge in [-0.15, -0.1) is 0 Å². The van der Waals surface area contributed by atoms with Gasteiger partial charge in [-0.1, -0.05) is 24.3 Å². The Kier molecular flexibility index (Phi) is 5.63. The van der Waals surface area contributed by atoms with Crippen molar-refractivity contribution in [2.45, 2.75) is 18.6 Å². The molecule has 3 heterocycles. The first-order valence-electron chi connectivity index (χ1n) is 11.0. The Morgan fingerprint density at radius 3 is 2.42 bits per heavy atom. The highest BCUT2D eigenvalue weighted by Crippen LogP contribution is 2.34. The third-order valence-electron chi connectivity index (χ3n) is 6.30. The molecule has 33 heavy (non-hydrogen) atoms. The number of nitrogens with zero attached hydrogens (tertiary/aromatic N) is 3. The number of amides is 3. The van der Waals surface area contributed by atoms with Gasteiger partial charge in [0, 0.05) is 26.2 Å². The molecule has 0 bridgehead atoms. The number of para-hydroxylation sites is 4. The zero-order chi connectivity index (χ0) is 22.9. The summed E-state index contributed by atoms with van der Waals surface area (Å²) in [6.07, 6.45) is -0.580. The summed E-state index contributed by atoms with van der Waals surface area (Å²) in [5, 5.41) is 0. The van der Waals surface area contributed by atoms with Crippen molar-refractivity contribution in [3.63, 3.8) is 0 Å². The summed E-state index contributed by atoms with van der Waals surface area (Å²) in [7, 11) is 1.51. The first-order valence-corrected chi connectivity index (χ1v) is 11.0. The number of benzene rings is 2. The molecule has 9 heteroatoms. The number of hydrogen-bond donors (Lipinski definition) is 0. The van der Waals surface area contributed by atoms with Gasteiger partial charge in [-0.3, -0.25) is 19.3 Å². The van der Waals surface area contributed by atoms with Crippen LogP contribution in [0.15, 0.2) is 48.5 Å². The normalized spacial score (nSPS) is 23.1. The van der Waals surface area contributed by atoms with Crippen molar-refractivity contribution < 1.29 is 28.6 Å². The van der Waals surface area contributed by atoms with Gasteiger partial charge in [0.05, 0.1) is 25.3 Å². The summed E-state index contributed by atoms with van der Waals surface area (Å²) < 4.78 is 16.8. The standard InChI is InChI=1S/C24H25N3O6/c1-31-18-7-3-2-6-16(18)27-22(28)14-17(23(27)29)25-10-12-26(13-11-25)24(30)21-15-32-19-8-4-5-9-20(19)33-21/h2-9,17,21H,10-15H2,1H3/t17-,21-/m0/s1. The van der Waals surface area contributed by atoms with E-state index in [4.69, 9.17) is 14.2 Å². The maximum atomic E-state index is 13.2. The van der Waals surface area contributed by atoms with Gasteiger partial charge >= 0.3 is 0 Å². The first kappa shape index (κ1) is 21.3. The number of carbonyl (C=O) groups excluding carboxylic acids is 3.